The van der Waals surface area contributed by atoms with E-state index in [0.717, 1.165) is 19.4 Å². The van der Waals surface area contributed by atoms with Crippen molar-refractivity contribution >= 4 is 39.2 Å². The second kappa shape index (κ2) is 17.8. The van der Waals surface area contributed by atoms with E-state index in [9.17, 15) is 9.90 Å². The summed E-state index contributed by atoms with van der Waals surface area (Å²) in [5, 5.41) is 10.7. The van der Waals surface area contributed by atoms with Gasteiger partial charge in [0.25, 0.3) is 0 Å². The molecule has 2 aliphatic heterocycles. The van der Waals surface area contributed by atoms with Crippen LogP contribution in [0.2, 0.25) is 72.5 Å². The fourth-order valence-corrected chi connectivity index (χ4v) is 11.8. The molecule has 2 saturated heterocycles. The summed E-state index contributed by atoms with van der Waals surface area (Å²) in [4.78, 5) is 11.8. The molecule has 0 bridgehead atoms. The van der Waals surface area contributed by atoms with Crippen molar-refractivity contribution in [2.45, 2.75) is 227 Å². The van der Waals surface area contributed by atoms with Gasteiger partial charge in [-0.1, -0.05) is 97.9 Å². The number of hydrogen-bond acceptors (Lipinski definition) is 8. The Morgan fingerprint density at radius 1 is 0.574 bits per heavy atom. The Morgan fingerprint density at radius 3 is 1.30 bits per heavy atom. The van der Waals surface area contributed by atoms with Crippen LogP contribution in [0.1, 0.15) is 124 Å². The molecule has 0 aromatic heterocycles. The van der Waals surface area contributed by atoms with Crippen LogP contribution in [0.3, 0.4) is 0 Å². The molecule has 2 heterocycles. The highest BCUT2D eigenvalue weighted by Crippen LogP contribution is 2.50. The van der Waals surface area contributed by atoms with Gasteiger partial charge in [-0.25, -0.2) is 0 Å². The summed E-state index contributed by atoms with van der Waals surface area (Å²) in [6.07, 6.45) is 2.80. The summed E-state index contributed by atoms with van der Waals surface area (Å²) in [5.41, 5.74) is 0. The summed E-state index contributed by atoms with van der Waals surface area (Å²) < 4.78 is 38.1. The quantitative estimate of drug-likeness (QED) is 0.172. The number of rotatable bonds is 10. The summed E-state index contributed by atoms with van der Waals surface area (Å²) in [5.74, 6) is 1.13. The smallest absolute Gasteiger partial charge is 0.306 e. The minimum atomic E-state index is -1.87. The molecule has 0 aromatic rings. The predicted molar refractivity (Wildman–Crippen MR) is 237 cm³/mol. The third-order valence-corrected chi connectivity index (χ3v) is 32.8. The highest BCUT2D eigenvalue weighted by molar-refractivity contribution is 6.75. The number of aliphatic hydroxyl groups is 1. The Balaban J connectivity index is 0.000000521. The van der Waals surface area contributed by atoms with Crippen LogP contribution in [-0.4, -0.2) is 88.3 Å². The van der Waals surface area contributed by atoms with Gasteiger partial charge in [0.15, 0.2) is 39.6 Å². The molecule has 8 nitrogen and oxygen atoms in total. The van der Waals surface area contributed by atoms with Gasteiger partial charge in [-0.2, -0.15) is 0 Å². The Bertz CT molecular complexity index is 1210. The van der Waals surface area contributed by atoms with Crippen LogP contribution >= 0.6 is 0 Å². The Kier molecular flexibility index (Phi) is 17.1. The van der Waals surface area contributed by atoms with Crippen molar-refractivity contribution in [1.82, 2.24) is 0 Å². The van der Waals surface area contributed by atoms with Gasteiger partial charge in [0.2, 0.25) is 0 Å². The summed E-state index contributed by atoms with van der Waals surface area (Å²) in [6.45, 7) is 47.2. The molecule has 4 rings (SSSR count). The van der Waals surface area contributed by atoms with E-state index in [1.54, 1.807) is 0 Å². The second-order valence-corrected chi connectivity index (χ2v) is 41.8. The van der Waals surface area contributed by atoms with E-state index in [0.29, 0.717) is 31.3 Å². The van der Waals surface area contributed by atoms with Gasteiger partial charge < -0.3 is 32.3 Å². The number of aliphatic hydroxyl groups excluding tert-OH is 1. The molecule has 12 heteroatoms. The lowest BCUT2D eigenvalue weighted by molar-refractivity contribution is -0.141. The largest absolute Gasteiger partial charge is 0.462 e. The Labute approximate surface area is 338 Å². The lowest BCUT2D eigenvalue weighted by atomic mass is 9.93. The lowest BCUT2D eigenvalue weighted by Crippen LogP contribution is -2.47. The third-order valence-electron chi connectivity index (χ3n) is 14.8. The molecule has 0 aromatic carbocycles. The summed E-state index contributed by atoms with van der Waals surface area (Å²) in [7, 11) is -7.36. The van der Waals surface area contributed by atoms with Crippen LogP contribution in [0, 0.1) is 23.7 Å². The zero-order chi connectivity index (χ0) is 40.3. The summed E-state index contributed by atoms with van der Waals surface area (Å²) in [6, 6.07) is 0. The normalized spacial score (nSPS) is 30.8. The van der Waals surface area contributed by atoms with Crippen LogP contribution in [-0.2, 0) is 32.0 Å². The Hall–Kier alpha value is 0.0975. The fourth-order valence-electron chi connectivity index (χ4n) is 6.95. The molecule has 1 unspecified atom stereocenters. The van der Waals surface area contributed by atoms with Crippen molar-refractivity contribution in [1.29, 1.82) is 0 Å². The van der Waals surface area contributed by atoms with Crippen molar-refractivity contribution < 1.29 is 37.1 Å². The molecule has 2 aliphatic carbocycles. The highest BCUT2D eigenvalue weighted by Gasteiger charge is 2.55. The number of ether oxygens (including phenoxy) is 2. The lowest BCUT2D eigenvalue weighted by Gasteiger charge is -2.42. The topological polar surface area (TPSA) is 92.7 Å². The number of esters is 1. The molecule has 1 N–H and O–H groups in total. The van der Waals surface area contributed by atoms with Gasteiger partial charge in [-0.15, -0.1) is 0 Å². The third kappa shape index (κ3) is 12.1. The molecule has 322 valence electrons. The molecule has 0 spiro atoms. The molecule has 54 heavy (non-hydrogen) atoms. The first-order chi connectivity index (χ1) is 23.1. The van der Waals surface area contributed by atoms with E-state index in [-0.39, 0.29) is 77.2 Å². The highest BCUT2D eigenvalue weighted by atomic mass is 28.4. The first-order valence-electron chi connectivity index (χ1n) is 20.3. The molecule has 4 fully saturated rings. The van der Waals surface area contributed by atoms with Gasteiger partial charge in [-0.3, -0.25) is 4.79 Å². The van der Waals surface area contributed by atoms with E-state index in [2.05, 4.69) is 135 Å². The number of carbonyl (C=O) groups is 1. The molecule has 0 amide bonds. The van der Waals surface area contributed by atoms with Gasteiger partial charge in [0.05, 0.1) is 24.7 Å². The van der Waals surface area contributed by atoms with Gasteiger partial charge in [-0.05, 0) is 84.9 Å². The molecule has 0 radical (unpaired) electrons. The van der Waals surface area contributed by atoms with Crippen molar-refractivity contribution in [3.05, 3.63) is 0 Å². The summed E-state index contributed by atoms with van der Waals surface area (Å²) >= 11 is 0. The first-order valence-corrected chi connectivity index (χ1v) is 31.9. The van der Waals surface area contributed by atoms with Gasteiger partial charge in [0, 0.05) is 43.8 Å². The monoisotopic (exact) mass is 835 g/mol. The average Bonchev–Trinajstić information content (AvgIpc) is 3.62. The van der Waals surface area contributed by atoms with Crippen LogP contribution in [0.5, 0.6) is 0 Å². The van der Waals surface area contributed by atoms with E-state index < -0.39 is 39.6 Å². The van der Waals surface area contributed by atoms with Crippen molar-refractivity contribution in [2.75, 3.05) is 13.2 Å². The number of hydrogen-bond donors (Lipinski definition) is 1. The maximum Gasteiger partial charge on any atom is 0.306 e. The standard InChI is InChI=1S/C20H42O4Si2.C20H40O4Si2.2CH4/c2*1-19(2,3)25(7,8)22-13-15-14-11-18(21)23-16(14)12-17(15)24-26(9,10)20(4,5)6;;/h14-18,21H,11-13H2,1-10H3;14-17H,11-13H2,1-10H3;2*1H4/t14-,15-,16+,17-,18?;14-,15-,16+,17-;;/m11../s1. The Morgan fingerprint density at radius 2 is 0.926 bits per heavy atom. The number of fused-ring (bicyclic) bond motifs is 2. The SMILES string of the molecule is C.C.CC(C)(C)[Si](C)(C)OC[C@@H]1[C@H]2CC(=O)O[C@H]2C[C@H]1O[Si](C)(C)C(C)(C)C.CC(C)(C)[Si](C)(C)OC[C@@H]1[C@H]2CC(O)O[C@H]2C[C@H]1O[Si](C)(C)C(C)(C)C. The van der Waals surface area contributed by atoms with Crippen LogP contribution in [0.25, 0.3) is 0 Å². The molecular weight excluding hydrogens is 745 g/mol. The first kappa shape index (κ1) is 52.1. The molecular formula is C42H90O8Si4. The average molecular weight is 836 g/mol. The maximum absolute atomic E-state index is 11.8. The van der Waals surface area contributed by atoms with Crippen molar-refractivity contribution in [3.63, 3.8) is 0 Å². The van der Waals surface area contributed by atoms with Crippen LogP contribution < -0.4 is 0 Å². The van der Waals surface area contributed by atoms with E-state index in [1.165, 1.54) is 0 Å². The van der Waals surface area contributed by atoms with Crippen LogP contribution in [0.15, 0.2) is 0 Å². The van der Waals surface area contributed by atoms with Crippen molar-refractivity contribution in [3.8, 4) is 0 Å². The molecule has 2 saturated carbocycles. The molecule has 4 aliphatic rings. The minimum absolute atomic E-state index is 0. The van der Waals surface area contributed by atoms with E-state index in [1.807, 2.05) is 0 Å². The second-order valence-electron chi connectivity index (χ2n) is 22.7. The van der Waals surface area contributed by atoms with E-state index in [4.69, 9.17) is 27.2 Å². The number of carbonyl (C=O) groups excluding carboxylic acids is 1. The van der Waals surface area contributed by atoms with Gasteiger partial charge >= 0.3 is 5.97 Å². The van der Waals surface area contributed by atoms with Crippen molar-refractivity contribution in [2.24, 2.45) is 23.7 Å². The molecule has 9 atom stereocenters. The predicted octanol–water partition coefficient (Wildman–Crippen LogP) is 11.8. The zero-order valence-electron chi connectivity index (χ0n) is 37.2. The zero-order valence-corrected chi connectivity index (χ0v) is 41.2. The maximum atomic E-state index is 11.8. The van der Waals surface area contributed by atoms with E-state index >= 15 is 0 Å². The fraction of sp³-hybridized carbons (Fsp3) is 0.976. The van der Waals surface area contributed by atoms with Gasteiger partial charge in [0.1, 0.15) is 6.10 Å². The minimum Gasteiger partial charge on any atom is -0.462 e. The van der Waals surface area contributed by atoms with Crippen LogP contribution in [0.4, 0.5) is 0 Å².